The highest BCUT2D eigenvalue weighted by Gasteiger charge is 2.37. The fourth-order valence-corrected chi connectivity index (χ4v) is 4.75. The van der Waals surface area contributed by atoms with E-state index in [0.29, 0.717) is 51.0 Å². The molecule has 0 amide bonds. The van der Waals surface area contributed by atoms with Crippen LogP contribution < -0.4 is 18.9 Å². The molecule has 4 rings (SSSR count). The number of benzene rings is 3. The largest absolute Gasteiger partial charge is 0.490 e. The van der Waals surface area contributed by atoms with E-state index in [1.165, 1.54) is 0 Å². The number of rotatable bonds is 15. The van der Waals surface area contributed by atoms with Gasteiger partial charge in [0.15, 0.2) is 23.0 Å². The highest BCUT2D eigenvalue weighted by molar-refractivity contribution is 5.75. The van der Waals surface area contributed by atoms with E-state index in [4.69, 9.17) is 23.7 Å². The van der Waals surface area contributed by atoms with Crippen molar-refractivity contribution in [3.05, 3.63) is 83.4 Å². The van der Waals surface area contributed by atoms with E-state index >= 15 is 0 Å². The molecule has 3 aromatic carbocycles. The number of hydrogen-bond acceptors (Lipinski definition) is 6. The van der Waals surface area contributed by atoms with Gasteiger partial charge in [0.1, 0.15) is 6.61 Å². The summed E-state index contributed by atoms with van der Waals surface area (Å²) in [4.78, 5) is 12.8. The van der Waals surface area contributed by atoms with Crippen molar-refractivity contribution in [3.8, 4) is 23.0 Å². The molecule has 2 atom stereocenters. The average Bonchev–Trinajstić information content (AvgIpc) is 3.30. The number of ether oxygens (including phenoxy) is 5. The third-order valence-electron chi connectivity index (χ3n) is 6.74. The molecule has 1 fully saturated rings. The molecule has 1 aliphatic rings. The lowest BCUT2D eigenvalue weighted by molar-refractivity contribution is -0.141. The molecule has 208 valence electrons. The van der Waals surface area contributed by atoms with Crippen LogP contribution in [0.4, 0.5) is 0 Å². The van der Waals surface area contributed by atoms with Gasteiger partial charge >= 0.3 is 5.97 Å². The Morgan fingerprint density at radius 2 is 1.31 bits per heavy atom. The SMILES string of the molecule is CCCOc1cc(C[C@H]2COC(=O)[C@@H]2Cc2ccc(OCc3ccccc3)c(OCCC)c2)ccc1OCC. The summed E-state index contributed by atoms with van der Waals surface area (Å²) in [5.41, 5.74) is 3.23. The molecule has 0 saturated carbocycles. The van der Waals surface area contributed by atoms with E-state index in [1.54, 1.807) is 0 Å². The molecule has 0 bridgehead atoms. The van der Waals surface area contributed by atoms with Crippen LogP contribution in [0, 0.1) is 11.8 Å². The monoisotopic (exact) mass is 532 g/mol. The Hall–Kier alpha value is -3.67. The summed E-state index contributed by atoms with van der Waals surface area (Å²) in [6.45, 7) is 8.80. The van der Waals surface area contributed by atoms with Crippen LogP contribution in [-0.2, 0) is 29.0 Å². The summed E-state index contributed by atoms with van der Waals surface area (Å²) in [5, 5.41) is 0. The quantitative estimate of drug-likeness (QED) is 0.200. The van der Waals surface area contributed by atoms with Gasteiger partial charge in [-0.05, 0) is 73.6 Å². The first-order valence-electron chi connectivity index (χ1n) is 14.1. The van der Waals surface area contributed by atoms with Crippen LogP contribution >= 0.6 is 0 Å². The van der Waals surface area contributed by atoms with Gasteiger partial charge in [0, 0.05) is 5.92 Å². The van der Waals surface area contributed by atoms with Crippen LogP contribution in [0.2, 0.25) is 0 Å². The van der Waals surface area contributed by atoms with E-state index in [2.05, 4.69) is 19.9 Å². The van der Waals surface area contributed by atoms with Gasteiger partial charge in [-0.25, -0.2) is 0 Å². The molecule has 0 radical (unpaired) electrons. The van der Waals surface area contributed by atoms with Crippen molar-refractivity contribution < 1.29 is 28.5 Å². The number of carbonyl (C=O) groups is 1. The normalized spacial score (nSPS) is 16.5. The van der Waals surface area contributed by atoms with Crippen LogP contribution in [0.25, 0.3) is 0 Å². The van der Waals surface area contributed by atoms with Gasteiger partial charge in [-0.15, -0.1) is 0 Å². The maximum atomic E-state index is 12.8. The second-order valence-electron chi connectivity index (χ2n) is 9.87. The minimum Gasteiger partial charge on any atom is -0.490 e. The minimum absolute atomic E-state index is 0.0727. The zero-order valence-electron chi connectivity index (χ0n) is 23.3. The van der Waals surface area contributed by atoms with Crippen LogP contribution in [0.5, 0.6) is 23.0 Å². The minimum atomic E-state index is -0.230. The summed E-state index contributed by atoms with van der Waals surface area (Å²) in [6, 6.07) is 22.1. The molecular formula is C33H40O6. The van der Waals surface area contributed by atoms with E-state index < -0.39 is 0 Å². The van der Waals surface area contributed by atoms with E-state index in [0.717, 1.165) is 47.5 Å². The van der Waals surface area contributed by atoms with Crippen molar-refractivity contribution >= 4 is 5.97 Å². The first-order chi connectivity index (χ1) is 19.1. The lowest BCUT2D eigenvalue weighted by atomic mass is 9.85. The summed E-state index contributed by atoms with van der Waals surface area (Å²) in [7, 11) is 0. The summed E-state index contributed by atoms with van der Waals surface area (Å²) in [6.07, 6.45) is 3.12. The molecule has 0 unspecified atom stereocenters. The molecule has 0 spiro atoms. The zero-order valence-corrected chi connectivity index (χ0v) is 23.3. The van der Waals surface area contributed by atoms with Gasteiger partial charge < -0.3 is 23.7 Å². The number of cyclic esters (lactones) is 1. The average molecular weight is 533 g/mol. The molecule has 6 heteroatoms. The van der Waals surface area contributed by atoms with Crippen LogP contribution in [0.15, 0.2) is 66.7 Å². The van der Waals surface area contributed by atoms with Gasteiger partial charge in [0.05, 0.1) is 32.3 Å². The highest BCUT2D eigenvalue weighted by Crippen LogP contribution is 2.35. The highest BCUT2D eigenvalue weighted by atomic mass is 16.5. The van der Waals surface area contributed by atoms with Crippen LogP contribution in [0.1, 0.15) is 50.3 Å². The fraction of sp³-hybridized carbons (Fsp3) is 0.424. The van der Waals surface area contributed by atoms with E-state index in [1.807, 2.05) is 67.6 Å². The van der Waals surface area contributed by atoms with Gasteiger partial charge in [-0.2, -0.15) is 0 Å². The molecule has 0 N–H and O–H groups in total. The van der Waals surface area contributed by atoms with Crippen molar-refractivity contribution in [3.63, 3.8) is 0 Å². The Bertz CT molecular complexity index is 1190. The Balaban J connectivity index is 1.47. The van der Waals surface area contributed by atoms with E-state index in [-0.39, 0.29) is 17.8 Å². The Morgan fingerprint density at radius 1 is 0.692 bits per heavy atom. The van der Waals surface area contributed by atoms with Crippen molar-refractivity contribution in [2.45, 2.75) is 53.1 Å². The predicted octanol–water partition coefficient (Wildman–Crippen LogP) is 6.82. The van der Waals surface area contributed by atoms with Gasteiger partial charge in [0.25, 0.3) is 0 Å². The molecule has 1 heterocycles. The topological polar surface area (TPSA) is 63.2 Å². The molecule has 0 aliphatic carbocycles. The number of carbonyl (C=O) groups excluding carboxylic acids is 1. The standard InChI is InChI=1S/C33H40O6/c1-4-16-36-31-20-25(12-14-29(31)35-6-3)18-27-23-39-33(34)28(27)19-26-13-15-30(32(21-26)37-17-5-2)38-22-24-10-8-7-9-11-24/h7-15,20-21,27-28H,4-6,16-19,22-23H2,1-3H3/t27-,28+/m0/s1. The number of hydrogen-bond donors (Lipinski definition) is 0. The summed E-state index contributed by atoms with van der Waals surface area (Å²) in [5.74, 6) is 2.61. The first-order valence-corrected chi connectivity index (χ1v) is 14.1. The third kappa shape index (κ3) is 7.92. The smallest absolute Gasteiger partial charge is 0.309 e. The maximum absolute atomic E-state index is 12.8. The maximum Gasteiger partial charge on any atom is 0.309 e. The van der Waals surface area contributed by atoms with Crippen LogP contribution in [-0.4, -0.2) is 32.4 Å². The molecule has 0 aromatic heterocycles. The Labute approximate surface area is 232 Å². The molecule has 39 heavy (non-hydrogen) atoms. The lowest BCUT2D eigenvalue weighted by Gasteiger charge is -2.18. The van der Waals surface area contributed by atoms with Crippen LogP contribution in [0.3, 0.4) is 0 Å². The zero-order chi connectivity index (χ0) is 27.5. The second-order valence-corrected chi connectivity index (χ2v) is 9.87. The van der Waals surface area contributed by atoms with Gasteiger partial charge in [-0.3, -0.25) is 4.79 Å². The van der Waals surface area contributed by atoms with Gasteiger partial charge in [-0.1, -0.05) is 56.3 Å². The number of esters is 1. The Morgan fingerprint density at radius 3 is 1.92 bits per heavy atom. The predicted molar refractivity (Wildman–Crippen MR) is 152 cm³/mol. The third-order valence-corrected chi connectivity index (χ3v) is 6.74. The van der Waals surface area contributed by atoms with E-state index in [9.17, 15) is 4.79 Å². The summed E-state index contributed by atoms with van der Waals surface area (Å²) >= 11 is 0. The summed E-state index contributed by atoms with van der Waals surface area (Å²) < 4.78 is 29.4. The van der Waals surface area contributed by atoms with Crippen molar-refractivity contribution in [2.75, 3.05) is 26.4 Å². The molecule has 1 saturated heterocycles. The van der Waals surface area contributed by atoms with Crippen molar-refractivity contribution in [2.24, 2.45) is 11.8 Å². The second kappa shape index (κ2) is 14.5. The molecule has 6 nitrogen and oxygen atoms in total. The Kier molecular flexibility index (Phi) is 10.5. The lowest BCUT2D eigenvalue weighted by Crippen LogP contribution is -2.20. The molecule has 1 aliphatic heterocycles. The molecular weight excluding hydrogens is 492 g/mol. The first kappa shape index (κ1) is 28.3. The fourth-order valence-electron chi connectivity index (χ4n) is 4.75. The van der Waals surface area contributed by atoms with Crippen molar-refractivity contribution in [1.29, 1.82) is 0 Å². The van der Waals surface area contributed by atoms with Gasteiger partial charge in [0.2, 0.25) is 0 Å². The molecule has 3 aromatic rings. The van der Waals surface area contributed by atoms with Crippen molar-refractivity contribution in [1.82, 2.24) is 0 Å².